The highest BCUT2D eigenvalue weighted by atomic mass is 19.1. The number of anilines is 1. The summed E-state index contributed by atoms with van der Waals surface area (Å²) in [4.78, 5) is 13.5. The van der Waals surface area contributed by atoms with Crippen molar-refractivity contribution >= 4 is 11.5 Å². The van der Waals surface area contributed by atoms with E-state index in [9.17, 15) is 9.50 Å². The lowest BCUT2D eigenvalue weighted by atomic mass is 10.1. The highest BCUT2D eigenvalue weighted by molar-refractivity contribution is 5.81. The van der Waals surface area contributed by atoms with Crippen molar-refractivity contribution in [2.75, 3.05) is 37.6 Å². The highest BCUT2D eigenvalue weighted by Gasteiger charge is 2.24. The van der Waals surface area contributed by atoms with Gasteiger partial charge >= 0.3 is 0 Å². The molecule has 1 aliphatic rings. The molecule has 0 spiro atoms. The number of aliphatic hydroxyl groups is 1. The van der Waals surface area contributed by atoms with Gasteiger partial charge in [-0.15, -0.1) is 5.10 Å². The van der Waals surface area contributed by atoms with Crippen LogP contribution in [-0.2, 0) is 0 Å². The molecule has 170 valence electrons. The average Bonchev–Trinajstić information content (AvgIpc) is 3.18. The molecule has 7 nitrogen and oxygen atoms in total. The number of halogens is 1. The van der Waals surface area contributed by atoms with Crippen LogP contribution in [0.15, 0.2) is 60.9 Å². The molecule has 0 saturated carbocycles. The number of hydrogen-bond acceptors (Lipinski definition) is 6. The molecule has 0 radical (unpaired) electrons. The van der Waals surface area contributed by atoms with Gasteiger partial charge in [-0.3, -0.25) is 9.88 Å². The van der Waals surface area contributed by atoms with Gasteiger partial charge in [-0.25, -0.2) is 13.9 Å². The fourth-order valence-electron chi connectivity index (χ4n) is 4.35. The number of aromatic nitrogens is 4. The van der Waals surface area contributed by atoms with Crippen LogP contribution in [0.4, 0.5) is 10.2 Å². The van der Waals surface area contributed by atoms with E-state index in [4.69, 9.17) is 10.1 Å². The summed E-state index contributed by atoms with van der Waals surface area (Å²) < 4.78 is 15.4. The summed E-state index contributed by atoms with van der Waals surface area (Å²) in [5, 5.41) is 15.1. The van der Waals surface area contributed by atoms with Crippen molar-refractivity contribution in [3.8, 4) is 22.5 Å². The van der Waals surface area contributed by atoms with Gasteiger partial charge in [0.05, 0.1) is 11.3 Å². The molecule has 33 heavy (non-hydrogen) atoms. The Morgan fingerprint density at radius 3 is 2.27 bits per heavy atom. The van der Waals surface area contributed by atoms with Gasteiger partial charge in [0.2, 0.25) is 0 Å². The molecular weight excluding hydrogens is 419 g/mol. The monoisotopic (exact) mass is 446 g/mol. The minimum absolute atomic E-state index is 0.280. The van der Waals surface area contributed by atoms with Gasteiger partial charge in [0.1, 0.15) is 17.3 Å². The molecule has 4 heterocycles. The van der Waals surface area contributed by atoms with E-state index in [1.165, 1.54) is 12.1 Å². The predicted octanol–water partition coefficient (Wildman–Crippen LogP) is 3.49. The van der Waals surface area contributed by atoms with Crippen molar-refractivity contribution in [2.45, 2.75) is 19.4 Å². The molecule has 5 rings (SSSR count). The third-order valence-corrected chi connectivity index (χ3v) is 5.84. The lowest BCUT2D eigenvalue weighted by Crippen LogP contribution is -2.50. The van der Waals surface area contributed by atoms with Gasteiger partial charge < -0.3 is 10.0 Å². The van der Waals surface area contributed by atoms with E-state index >= 15 is 0 Å². The second-order valence-corrected chi connectivity index (χ2v) is 9.09. The van der Waals surface area contributed by atoms with Gasteiger partial charge in [-0.2, -0.15) is 0 Å². The van der Waals surface area contributed by atoms with Crippen LogP contribution in [0.2, 0.25) is 0 Å². The van der Waals surface area contributed by atoms with Crippen LogP contribution < -0.4 is 4.90 Å². The van der Waals surface area contributed by atoms with Crippen molar-refractivity contribution in [3.63, 3.8) is 0 Å². The Labute approximate surface area is 192 Å². The molecule has 1 aliphatic heterocycles. The minimum atomic E-state index is -0.702. The number of nitrogens with zero attached hydrogens (tertiary/aromatic N) is 6. The van der Waals surface area contributed by atoms with Gasteiger partial charge in [0.25, 0.3) is 0 Å². The zero-order chi connectivity index (χ0) is 23.0. The van der Waals surface area contributed by atoms with E-state index in [1.54, 1.807) is 24.5 Å². The first-order valence-corrected chi connectivity index (χ1v) is 11.1. The molecule has 1 fully saturated rings. The number of pyridine rings is 1. The van der Waals surface area contributed by atoms with Crippen LogP contribution in [0.25, 0.3) is 28.2 Å². The summed E-state index contributed by atoms with van der Waals surface area (Å²) in [7, 11) is 0. The maximum absolute atomic E-state index is 13.5. The Morgan fingerprint density at radius 2 is 1.61 bits per heavy atom. The molecule has 0 atom stereocenters. The van der Waals surface area contributed by atoms with E-state index in [1.807, 2.05) is 42.6 Å². The van der Waals surface area contributed by atoms with Crippen LogP contribution in [0.5, 0.6) is 0 Å². The fourth-order valence-corrected chi connectivity index (χ4v) is 4.35. The average molecular weight is 447 g/mol. The minimum Gasteiger partial charge on any atom is -0.389 e. The highest BCUT2D eigenvalue weighted by Crippen LogP contribution is 2.33. The maximum atomic E-state index is 13.5. The Kier molecular flexibility index (Phi) is 5.55. The summed E-state index contributed by atoms with van der Waals surface area (Å²) in [5.74, 6) is 0.598. The predicted molar refractivity (Wildman–Crippen MR) is 127 cm³/mol. The topological polar surface area (TPSA) is 69.8 Å². The molecule has 8 heteroatoms. The van der Waals surface area contributed by atoms with Crippen molar-refractivity contribution in [2.24, 2.45) is 0 Å². The molecule has 1 aromatic carbocycles. The van der Waals surface area contributed by atoms with Crippen LogP contribution in [0.3, 0.4) is 0 Å². The van der Waals surface area contributed by atoms with Gasteiger partial charge in [0, 0.05) is 56.2 Å². The van der Waals surface area contributed by atoms with Crippen molar-refractivity contribution in [3.05, 3.63) is 66.7 Å². The van der Waals surface area contributed by atoms with Crippen molar-refractivity contribution < 1.29 is 9.50 Å². The van der Waals surface area contributed by atoms with E-state index in [0.29, 0.717) is 6.54 Å². The third kappa shape index (κ3) is 4.58. The van der Waals surface area contributed by atoms with Crippen LogP contribution in [0.1, 0.15) is 13.8 Å². The van der Waals surface area contributed by atoms with Crippen LogP contribution >= 0.6 is 0 Å². The second-order valence-electron chi connectivity index (χ2n) is 9.09. The molecular formula is C25H27FN6O. The number of β-amino-alcohol motifs (C(OH)–C–C–N with tert-alkyl or cyclic N) is 1. The third-order valence-electron chi connectivity index (χ3n) is 5.84. The maximum Gasteiger partial charge on any atom is 0.155 e. The standard InChI is InChI=1S/C25H27FN6O/c1-25(2,33)17-30-13-15-31(16-14-30)22-8-7-21-28-23(18-3-5-20(26)6-4-18)24(32(21)29-22)19-9-11-27-12-10-19/h3-12,33H,13-17H2,1-2H3. The summed E-state index contributed by atoms with van der Waals surface area (Å²) in [5.41, 5.74) is 3.40. The molecule has 1 saturated heterocycles. The Bertz CT molecular complexity index is 1240. The summed E-state index contributed by atoms with van der Waals surface area (Å²) in [6.45, 7) is 7.73. The van der Waals surface area contributed by atoms with E-state index in [2.05, 4.69) is 14.8 Å². The molecule has 0 bridgehead atoms. The second kappa shape index (κ2) is 8.53. The van der Waals surface area contributed by atoms with E-state index in [-0.39, 0.29) is 5.82 Å². The number of hydrogen-bond donors (Lipinski definition) is 1. The summed E-state index contributed by atoms with van der Waals surface area (Å²) >= 11 is 0. The zero-order valence-electron chi connectivity index (χ0n) is 18.8. The number of fused-ring (bicyclic) bond motifs is 1. The summed E-state index contributed by atoms with van der Waals surface area (Å²) in [6.07, 6.45) is 3.49. The van der Waals surface area contributed by atoms with Gasteiger partial charge in [0.15, 0.2) is 5.65 Å². The number of benzene rings is 1. The molecule has 3 aromatic heterocycles. The van der Waals surface area contributed by atoms with Crippen LogP contribution in [0, 0.1) is 5.82 Å². The SMILES string of the molecule is CC(C)(O)CN1CCN(c2ccc3nc(-c4ccc(F)cc4)c(-c4ccncc4)n3n2)CC1. The normalized spacial score (nSPS) is 15.3. The number of rotatable bonds is 5. The van der Waals surface area contributed by atoms with Gasteiger partial charge in [-0.05, 0) is 62.4 Å². The fraction of sp³-hybridized carbons (Fsp3) is 0.320. The van der Waals surface area contributed by atoms with E-state index in [0.717, 1.165) is 60.2 Å². The lowest BCUT2D eigenvalue weighted by Gasteiger charge is -2.37. The van der Waals surface area contributed by atoms with Crippen molar-refractivity contribution in [1.29, 1.82) is 0 Å². The lowest BCUT2D eigenvalue weighted by molar-refractivity contribution is 0.0344. The first-order chi connectivity index (χ1) is 15.9. The summed E-state index contributed by atoms with van der Waals surface area (Å²) in [6, 6.07) is 14.2. The molecule has 0 amide bonds. The van der Waals surface area contributed by atoms with E-state index < -0.39 is 5.60 Å². The van der Waals surface area contributed by atoms with Crippen molar-refractivity contribution in [1.82, 2.24) is 24.5 Å². The first-order valence-electron chi connectivity index (χ1n) is 11.1. The molecule has 1 N–H and O–H groups in total. The Morgan fingerprint density at radius 1 is 0.909 bits per heavy atom. The number of imidazole rings is 1. The van der Waals surface area contributed by atoms with Gasteiger partial charge in [-0.1, -0.05) is 0 Å². The molecule has 4 aromatic rings. The molecule has 0 unspecified atom stereocenters. The van der Waals surface area contributed by atoms with Crippen LogP contribution in [-0.4, -0.2) is 67.9 Å². The smallest absolute Gasteiger partial charge is 0.155 e. The quantitative estimate of drug-likeness (QED) is 0.506. The zero-order valence-corrected chi connectivity index (χ0v) is 18.8. The Hall–Kier alpha value is -3.36. The number of piperazine rings is 1. The largest absolute Gasteiger partial charge is 0.389 e. The first kappa shape index (κ1) is 21.5. The Balaban J connectivity index is 1.52. The molecule has 0 aliphatic carbocycles.